The fourth-order valence-corrected chi connectivity index (χ4v) is 1.49. The topological polar surface area (TPSA) is 26.2 Å². The van der Waals surface area contributed by atoms with Crippen LogP contribution in [0.2, 0.25) is 0 Å². The summed E-state index contributed by atoms with van der Waals surface area (Å²) in [5.41, 5.74) is 1.34. The van der Waals surface area contributed by atoms with Crippen molar-refractivity contribution in [3.8, 4) is 0 Å². The summed E-state index contributed by atoms with van der Waals surface area (Å²) in [5.74, 6) is 0.624. The summed E-state index contributed by atoms with van der Waals surface area (Å²) < 4.78 is 7.68. The summed E-state index contributed by atoms with van der Waals surface area (Å²) in [4.78, 5) is 0. The number of hydrogen-bond donors (Lipinski definition) is 1. The number of ether oxygens (including phenoxy) is 1. The highest BCUT2D eigenvalue weighted by molar-refractivity contribution is 5.09. The second kappa shape index (κ2) is 7.47. The normalized spacial score (nSPS) is 11.2. The zero-order valence-electron chi connectivity index (χ0n) is 10.7. The number of aromatic nitrogens is 1. The third kappa shape index (κ3) is 5.33. The van der Waals surface area contributed by atoms with Crippen LogP contribution in [0.3, 0.4) is 0 Å². The van der Waals surface area contributed by atoms with Crippen molar-refractivity contribution < 1.29 is 4.74 Å². The average molecular weight is 224 g/mol. The molecule has 1 N–H and O–H groups in total. The van der Waals surface area contributed by atoms with Crippen LogP contribution in [0.15, 0.2) is 18.5 Å². The van der Waals surface area contributed by atoms with E-state index in [0.29, 0.717) is 5.92 Å². The van der Waals surface area contributed by atoms with E-state index in [1.165, 1.54) is 5.56 Å². The highest BCUT2D eigenvalue weighted by Gasteiger charge is 1.96. The van der Waals surface area contributed by atoms with Crippen LogP contribution in [0.25, 0.3) is 0 Å². The fraction of sp³-hybridized carbons (Fsp3) is 0.692. The average Bonchev–Trinajstić information content (AvgIpc) is 2.70. The molecule has 0 aliphatic heterocycles. The van der Waals surface area contributed by atoms with Crippen LogP contribution in [0.5, 0.6) is 0 Å². The quantitative estimate of drug-likeness (QED) is 0.686. The largest absolute Gasteiger partial charge is 0.380 e. The molecule has 0 fully saturated rings. The van der Waals surface area contributed by atoms with E-state index in [9.17, 15) is 0 Å². The van der Waals surface area contributed by atoms with E-state index in [1.807, 2.05) is 0 Å². The van der Waals surface area contributed by atoms with Crippen molar-refractivity contribution in [2.75, 3.05) is 19.8 Å². The molecule has 0 atom stereocenters. The maximum atomic E-state index is 5.49. The summed E-state index contributed by atoms with van der Waals surface area (Å²) in [6.45, 7) is 11.0. The van der Waals surface area contributed by atoms with Gasteiger partial charge in [-0.1, -0.05) is 13.8 Å². The Bertz CT molecular complexity index is 281. The van der Waals surface area contributed by atoms with Gasteiger partial charge in [0.1, 0.15) is 0 Å². The van der Waals surface area contributed by atoms with Crippen LogP contribution < -0.4 is 5.32 Å². The molecule has 92 valence electrons. The first kappa shape index (κ1) is 13.3. The Morgan fingerprint density at radius 2 is 2.25 bits per heavy atom. The number of hydrogen-bond acceptors (Lipinski definition) is 2. The molecule has 1 heterocycles. The molecule has 0 aromatic carbocycles. The van der Waals surface area contributed by atoms with Crippen molar-refractivity contribution in [2.24, 2.45) is 5.92 Å². The SMILES string of the molecule is CCn1ccc(CNCCOCC(C)C)c1. The molecule has 0 saturated carbocycles. The van der Waals surface area contributed by atoms with Crippen LogP contribution in [-0.2, 0) is 17.8 Å². The van der Waals surface area contributed by atoms with E-state index in [-0.39, 0.29) is 0 Å². The van der Waals surface area contributed by atoms with Crippen LogP contribution >= 0.6 is 0 Å². The summed E-state index contributed by atoms with van der Waals surface area (Å²) >= 11 is 0. The lowest BCUT2D eigenvalue weighted by atomic mass is 10.2. The Balaban J connectivity index is 2.02. The van der Waals surface area contributed by atoms with E-state index in [1.54, 1.807) is 0 Å². The monoisotopic (exact) mass is 224 g/mol. The van der Waals surface area contributed by atoms with Crippen molar-refractivity contribution in [1.29, 1.82) is 0 Å². The van der Waals surface area contributed by atoms with Gasteiger partial charge in [0.15, 0.2) is 0 Å². The van der Waals surface area contributed by atoms with Crippen molar-refractivity contribution in [1.82, 2.24) is 9.88 Å². The highest BCUT2D eigenvalue weighted by Crippen LogP contribution is 2.00. The molecule has 16 heavy (non-hydrogen) atoms. The van der Waals surface area contributed by atoms with E-state index >= 15 is 0 Å². The number of rotatable bonds is 8. The Morgan fingerprint density at radius 3 is 2.88 bits per heavy atom. The zero-order valence-corrected chi connectivity index (χ0v) is 10.7. The van der Waals surface area contributed by atoms with Gasteiger partial charge >= 0.3 is 0 Å². The maximum Gasteiger partial charge on any atom is 0.0591 e. The second-order valence-electron chi connectivity index (χ2n) is 4.50. The lowest BCUT2D eigenvalue weighted by Crippen LogP contribution is -2.20. The molecular formula is C13H24N2O. The Kier molecular flexibility index (Phi) is 6.19. The van der Waals surface area contributed by atoms with Crippen molar-refractivity contribution in [3.63, 3.8) is 0 Å². The van der Waals surface area contributed by atoms with Gasteiger partial charge in [0, 0.05) is 38.6 Å². The molecule has 0 aliphatic carbocycles. The van der Waals surface area contributed by atoms with Gasteiger partial charge in [-0.25, -0.2) is 0 Å². The number of nitrogens with zero attached hydrogens (tertiary/aromatic N) is 1. The molecule has 0 unspecified atom stereocenters. The van der Waals surface area contributed by atoms with Crippen molar-refractivity contribution in [3.05, 3.63) is 24.0 Å². The molecule has 3 nitrogen and oxygen atoms in total. The molecule has 0 bridgehead atoms. The molecule has 3 heteroatoms. The van der Waals surface area contributed by atoms with E-state index in [4.69, 9.17) is 4.74 Å². The first-order valence-corrected chi connectivity index (χ1v) is 6.15. The molecule has 0 spiro atoms. The number of nitrogens with one attached hydrogen (secondary N) is 1. The van der Waals surface area contributed by atoms with Crippen LogP contribution in [0.4, 0.5) is 0 Å². The summed E-state index contributed by atoms with van der Waals surface area (Å²) in [5, 5.41) is 3.37. The maximum absolute atomic E-state index is 5.49. The van der Waals surface area contributed by atoms with Crippen molar-refractivity contribution in [2.45, 2.75) is 33.9 Å². The molecule has 0 aliphatic rings. The molecule has 1 aromatic rings. The first-order valence-electron chi connectivity index (χ1n) is 6.15. The Hall–Kier alpha value is -0.800. The Morgan fingerprint density at radius 1 is 1.44 bits per heavy atom. The number of aryl methyl sites for hydroxylation is 1. The third-order valence-corrected chi connectivity index (χ3v) is 2.38. The molecule has 1 aromatic heterocycles. The summed E-state index contributed by atoms with van der Waals surface area (Å²) in [6.07, 6.45) is 4.30. The molecule has 1 rings (SSSR count). The van der Waals surface area contributed by atoms with E-state index < -0.39 is 0 Å². The fourth-order valence-electron chi connectivity index (χ4n) is 1.49. The van der Waals surface area contributed by atoms with Gasteiger partial charge in [0.2, 0.25) is 0 Å². The van der Waals surface area contributed by atoms with Crippen LogP contribution in [-0.4, -0.2) is 24.3 Å². The first-order chi connectivity index (χ1) is 7.72. The molecule has 0 amide bonds. The van der Waals surface area contributed by atoms with Gasteiger partial charge in [-0.2, -0.15) is 0 Å². The van der Waals surface area contributed by atoms with Crippen molar-refractivity contribution >= 4 is 0 Å². The van der Waals surface area contributed by atoms with Gasteiger partial charge in [0.05, 0.1) is 6.61 Å². The van der Waals surface area contributed by atoms with Gasteiger partial charge in [-0.3, -0.25) is 0 Å². The lowest BCUT2D eigenvalue weighted by Gasteiger charge is -2.07. The Labute approximate surface area is 98.8 Å². The van der Waals surface area contributed by atoms with Gasteiger partial charge < -0.3 is 14.6 Å². The van der Waals surface area contributed by atoms with Gasteiger partial charge in [-0.15, -0.1) is 0 Å². The van der Waals surface area contributed by atoms with Crippen LogP contribution in [0, 0.1) is 5.92 Å². The molecule has 0 saturated heterocycles. The van der Waals surface area contributed by atoms with Crippen LogP contribution in [0.1, 0.15) is 26.3 Å². The minimum Gasteiger partial charge on any atom is -0.380 e. The standard InChI is InChI=1S/C13H24N2O/c1-4-15-7-5-13(10-15)9-14-6-8-16-11-12(2)3/h5,7,10,12,14H,4,6,8-9,11H2,1-3H3. The summed E-state index contributed by atoms with van der Waals surface area (Å²) in [6, 6.07) is 2.16. The molecular weight excluding hydrogens is 200 g/mol. The lowest BCUT2D eigenvalue weighted by molar-refractivity contribution is 0.111. The predicted octanol–water partition coefficient (Wildman–Crippen LogP) is 2.27. The predicted molar refractivity (Wildman–Crippen MR) is 67.5 cm³/mol. The smallest absolute Gasteiger partial charge is 0.0591 e. The van der Waals surface area contributed by atoms with Gasteiger partial charge in [-0.05, 0) is 24.5 Å². The molecule has 0 radical (unpaired) electrons. The van der Waals surface area contributed by atoms with E-state index in [0.717, 1.165) is 32.8 Å². The minimum atomic E-state index is 0.624. The second-order valence-corrected chi connectivity index (χ2v) is 4.50. The zero-order chi connectivity index (χ0) is 11.8. The van der Waals surface area contributed by atoms with E-state index in [2.05, 4.69) is 49.1 Å². The van der Waals surface area contributed by atoms with Gasteiger partial charge in [0.25, 0.3) is 0 Å². The highest BCUT2D eigenvalue weighted by atomic mass is 16.5. The minimum absolute atomic E-state index is 0.624. The third-order valence-electron chi connectivity index (χ3n) is 2.38. The summed E-state index contributed by atoms with van der Waals surface area (Å²) in [7, 11) is 0.